The number of nitrogens with one attached hydrogen (secondary N) is 1. The van der Waals surface area contributed by atoms with E-state index < -0.39 is 40.7 Å². The van der Waals surface area contributed by atoms with Gasteiger partial charge in [0.15, 0.2) is 23.3 Å². The van der Waals surface area contributed by atoms with E-state index in [-0.39, 0.29) is 10.6 Å². The fourth-order valence-corrected chi connectivity index (χ4v) is 1.72. The SMILES string of the molecule is O=C(Nc1c(F)c(F)c(F)c(F)c1F)c1cccc(Cl)c1. The Morgan fingerprint density at radius 2 is 1.43 bits per heavy atom. The number of hydrogen-bond donors (Lipinski definition) is 1. The zero-order valence-corrected chi connectivity index (χ0v) is 10.7. The zero-order chi connectivity index (χ0) is 15.7. The molecule has 8 heteroatoms. The minimum atomic E-state index is -2.30. The Hall–Kier alpha value is -2.15. The van der Waals surface area contributed by atoms with Gasteiger partial charge in [-0.2, -0.15) is 0 Å². The summed E-state index contributed by atoms with van der Waals surface area (Å²) in [5.74, 6) is -11.9. The predicted molar refractivity (Wildman–Crippen MR) is 65.6 cm³/mol. The van der Waals surface area contributed by atoms with E-state index in [1.807, 2.05) is 0 Å². The molecule has 0 saturated heterocycles. The van der Waals surface area contributed by atoms with E-state index in [0.29, 0.717) is 0 Å². The van der Waals surface area contributed by atoms with Gasteiger partial charge in [0, 0.05) is 10.6 Å². The summed E-state index contributed by atoms with van der Waals surface area (Å²) >= 11 is 5.63. The maximum atomic E-state index is 13.4. The van der Waals surface area contributed by atoms with E-state index in [1.165, 1.54) is 24.3 Å². The van der Waals surface area contributed by atoms with Crippen LogP contribution in [0.2, 0.25) is 5.02 Å². The van der Waals surface area contributed by atoms with Crippen LogP contribution in [0.25, 0.3) is 0 Å². The van der Waals surface area contributed by atoms with Crippen molar-refractivity contribution in [1.29, 1.82) is 0 Å². The lowest BCUT2D eigenvalue weighted by atomic mass is 10.2. The monoisotopic (exact) mass is 321 g/mol. The van der Waals surface area contributed by atoms with Gasteiger partial charge < -0.3 is 5.32 Å². The quantitative estimate of drug-likeness (QED) is 0.499. The molecule has 0 aliphatic rings. The van der Waals surface area contributed by atoms with Gasteiger partial charge in [0.05, 0.1) is 0 Å². The molecule has 1 N–H and O–H groups in total. The van der Waals surface area contributed by atoms with Crippen molar-refractivity contribution in [2.45, 2.75) is 0 Å². The van der Waals surface area contributed by atoms with E-state index in [2.05, 4.69) is 0 Å². The van der Waals surface area contributed by atoms with Gasteiger partial charge in [-0.15, -0.1) is 0 Å². The lowest BCUT2D eigenvalue weighted by Crippen LogP contribution is -2.16. The van der Waals surface area contributed by atoms with Crippen molar-refractivity contribution >= 4 is 23.2 Å². The van der Waals surface area contributed by atoms with Crippen LogP contribution in [0.5, 0.6) is 0 Å². The fourth-order valence-electron chi connectivity index (χ4n) is 1.53. The highest BCUT2D eigenvalue weighted by Gasteiger charge is 2.27. The summed E-state index contributed by atoms with van der Waals surface area (Å²) in [6.07, 6.45) is 0. The first-order valence-corrected chi connectivity index (χ1v) is 5.79. The molecule has 2 rings (SSSR count). The molecule has 0 fully saturated rings. The molecule has 0 aromatic heterocycles. The summed E-state index contributed by atoms with van der Waals surface area (Å²) in [5, 5.41) is 1.80. The van der Waals surface area contributed by atoms with Crippen LogP contribution in [-0.4, -0.2) is 5.91 Å². The highest BCUT2D eigenvalue weighted by atomic mass is 35.5. The Labute approximate surface area is 120 Å². The van der Waals surface area contributed by atoms with Crippen molar-refractivity contribution in [2.75, 3.05) is 5.32 Å². The molecule has 2 nitrogen and oxygen atoms in total. The molecule has 2 aromatic rings. The van der Waals surface area contributed by atoms with Crippen LogP contribution >= 0.6 is 11.6 Å². The van der Waals surface area contributed by atoms with Gasteiger partial charge in [-0.05, 0) is 18.2 Å². The first kappa shape index (κ1) is 15.2. The van der Waals surface area contributed by atoms with Crippen molar-refractivity contribution in [3.8, 4) is 0 Å². The van der Waals surface area contributed by atoms with Crippen LogP contribution in [0.4, 0.5) is 27.6 Å². The van der Waals surface area contributed by atoms with E-state index in [4.69, 9.17) is 11.6 Å². The second kappa shape index (κ2) is 5.69. The third kappa shape index (κ3) is 2.82. The summed E-state index contributed by atoms with van der Waals surface area (Å²) in [5.41, 5.74) is -1.53. The van der Waals surface area contributed by atoms with Crippen molar-refractivity contribution in [3.05, 3.63) is 63.9 Å². The normalized spacial score (nSPS) is 10.6. The lowest BCUT2D eigenvalue weighted by Gasteiger charge is -2.10. The number of carbonyl (C=O) groups is 1. The van der Waals surface area contributed by atoms with Crippen LogP contribution in [-0.2, 0) is 0 Å². The van der Waals surface area contributed by atoms with Crippen LogP contribution < -0.4 is 5.32 Å². The van der Waals surface area contributed by atoms with E-state index >= 15 is 0 Å². The molecule has 21 heavy (non-hydrogen) atoms. The predicted octanol–water partition coefficient (Wildman–Crippen LogP) is 4.29. The Bertz CT molecular complexity index is 706. The number of rotatable bonds is 2. The molecule has 0 unspecified atom stereocenters. The standard InChI is InChI=1S/C13H5ClF5NO/c14-6-3-1-2-5(4-6)13(21)20-12-10(18)8(16)7(15)9(17)11(12)19/h1-4H,(H,20,21). The third-order valence-corrected chi connectivity index (χ3v) is 2.77. The number of anilines is 1. The highest BCUT2D eigenvalue weighted by Crippen LogP contribution is 2.27. The molecule has 0 spiro atoms. The lowest BCUT2D eigenvalue weighted by molar-refractivity contribution is 0.102. The van der Waals surface area contributed by atoms with Crippen LogP contribution in [0.15, 0.2) is 24.3 Å². The number of halogens is 6. The van der Waals surface area contributed by atoms with Crippen LogP contribution in [0.3, 0.4) is 0 Å². The molecular weight excluding hydrogens is 317 g/mol. The number of amides is 1. The van der Waals surface area contributed by atoms with Gasteiger partial charge in [0.2, 0.25) is 5.82 Å². The second-order valence-electron chi connectivity index (χ2n) is 3.91. The number of hydrogen-bond acceptors (Lipinski definition) is 1. The average Bonchev–Trinajstić information content (AvgIpc) is 2.47. The van der Waals surface area contributed by atoms with Crippen LogP contribution in [0, 0.1) is 29.1 Å². The molecule has 0 bridgehead atoms. The minimum absolute atomic E-state index is 0.105. The van der Waals surface area contributed by atoms with E-state index in [1.54, 1.807) is 5.32 Å². The van der Waals surface area contributed by atoms with Gasteiger partial charge in [-0.25, -0.2) is 22.0 Å². The second-order valence-corrected chi connectivity index (χ2v) is 4.35. The third-order valence-electron chi connectivity index (χ3n) is 2.54. The summed E-state index contributed by atoms with van der Waals surface area (Å²) < 4.78 is 65.6. The largest absolute Gasteiger partial charge is 0.317 e. The molecule has 0 heterocycles. The van der Waals surface area contributed by atoms with Gasteiger partial charge in [-0.1, -0.05) is 17.7 Å². The molecule has 1 amide bonds. The van der Waals surface area contributed by atoms with Crippen molar-refractivity contribution in [3.63, 3.8) is 0 Å². The van der Waals surface area contributed by atoms with E-state index in [9.17, 15) is 26.7 Å². The summed E-state index contributed by atoms with van der Waals surface area (Å²) in [6, 6.07) is 5.25. The Morgan fingerprint density at radius 3 is 1.95 bits per heavy atom. The van der Waals surface area contributed by atoms with Gasteiger partial charge >= 0.3 is 0 Å². The molecule has 110 valence electrons. The highest BCUT2D eigenvalue weighted by molar-refractivity contribution is 6.31. The Kier molecular flexibility index (Phi) is 4.13. The first-order valence-electron chi connectivity index (χ1n) is 5.41. The smallest absolute Gasteiger partial charge is 0.255 e. The van der Waals surface area contributed by atoms with Gasteiger partial charge in [0.25, 0.3) is 5.91 Å². The molecule has 0 aliphatic carbocycles. The van der Waals surface area contributed by atoms with Crippen molar-refractivity contribution < 1.29 is 26.7 Å². The Balaban J connectivity index is 2.43. The molecule has 0 aliphatic heterocycles. The molecular formula is C13H5ClF5NO. The van der Waals surface area contributed by atoms with Crippen molar-refractivity contribution in [2.24, 2.45) is 0 Å². The summed E-state index contributed by atoms with van der Waals surface area (Å²) in [4.78, 5) is 11.7. The van der Waals surface area contributed by atoms with E-state index in [0.717, 1.165) is 0 Å². The zero-order valence-electron chi connectivity index (χ0n) is 9.99. The molecule has 0 radical (unpaired) electrons. The summed E-state index contributed by atoms with van der Waals surface area (Å²) in [7, 11) is 0. The Morgan fingerprint density at radius 1 is 0.905 bits per heavy atom. The minimum Gasteiger partial charge on any atom is -0.317 e. The van der Waals surface area contributed by atoms with Gasteiger partial charge in [-0.3, -0.25) is 4.79 Å². The van der Waals surface area contributed by atoms with Gasteiger partial charge in [0.1, 0.15) is 5.69 Å². The van der Waals surface area contributed by atoms with Crippen molar-refractivity contribution in [1.82, 2.24) is 0 Å². The topological polar surface area (TPSA) is 29.1 Å². The summed E-state index contributed by atoms with van der Waals surface area (Å²) in [6.45, 7) is 0. The molecule has 2 aromatic carbocycles. The maximum Gasteiger partial charge on any atom is 0.255 e. The average molecular weight is 322 g/mol. The van der Waals surface area contributed by atoms with Crippen LogP contribution in [0.1, 0.15) is 10.4 Å². The molecule has 0 saturated carbocycles. The first-order chi connectivity index (χ1) is 9.82. The maximum absolute atomic E-state index is 13.4. The number of carbonyl (C=O) groups excluding carboxylic acids is 1. The molecule has 0 atom stereocenters. The fraction of sp³-hybridized carbons (Fsp3) is 0. The number of benzene rings is 2.